The molecule has 21 heavy (non-hydrogen) atoms. The van der Waals surface area contributed by atoms with Gasteiger partial charge in [0.05, 0.1) is 16.8 Å². The molecule has 1 aliphatic rings. The first kappa shape index (κ1) is 16.0. The second-order valence-electron chi connectivity index (χ2n) is 5.63. The Labute approximate surface area is 131 Å². The van der Waals surface area contributed by atoms with Crippen LogP contribution in [0, 0.1) is 5.41 Å². The van der Waals surface area contributed by atoms with Crippen LogP contribution in [-0.2, 0) is 9.53 Å². The number of nitrogens with one attached hydrogen (secondary N) is 1. The highest BCUT2D eigenvalue weighted by Gasteiger charge is 2.66. The molecule has 2 N–H and O–H groups in total. The van der Waals surface area contributed by atoms with Gasteiger partial charge in [-0.05, 0) is 28.9 Å². The van der Waals surface area contributed by atoms with Crippen LogP contribution < -0.4 is 5.32 Å². The van der Waals surface area contributed by atoms with Gasteiger partial charge in [-0.15, -0.1) is 0 Å². The van der Waals surface area contributed by atoms with Crippen molar-refractivity contribution in [2.45, 2.75) is 38.8 Å². The van der Waals surface area contributed by atoms with Gasteiger partial charge in [0, 0.05) is 18.4 Å². The predicted octanol–water partition coefficient (Wildman–Crippen LogP) is 2.43. The third kappa shape index (κ3) is 2.38. The van der Waals surface area contributed by atoms with Gasteiger partial charge in [0.2, 0.25) is 5.76 Å². The Morgan fingerprint density at radius 1 is 1.57 bits per heavy atom. The van der Waals surface area contributed by atoms with Crippen LogP contribution in [0.1, 0.15) is 37.7 Å². The molecule has 1 heterocycles. The quantitative estimate of drug-likeness (QED) is 0.842. The number of halogens is 1. The van der Waals surface area contributed by atoms with Crippen molar-refractivity contribution < 1.29 is 23.8 Å². The van der Waals surface area contributed by atoms with Gasteiger partial charge in [0.1, 0.15) is 5.54 Å². The molecular weight excluding hydrogens is 342 g/mol. The Hall–Kier alpha value is -1.34. The van der Waals surface area contributed by atoms with E-state index in [0.29, 0.717) is 11.1 Å². The fraction of sp³-hybridized carbons (Fsp3) is 0.571. The van der Waals surface area contributed by atoms with Crippen LogP contribution in [0.25, 0.3) is 0 Å². The maximum absolute atomic E-state index is 12.3. The molecule has 1 aliphatic carbocycles. The first-order valence-electron chi connectivity index (χ1n) is 6.66. The second-order valence-corrected chi connectivity index (χ2v) is 6.49. The van der Waals surface area contributed by atoms with E-state index in [9.17, 15) is 14.7 Å². The number of hydrogen-bond donors (Lipinski definition) is 2. The first-order chi connectivity index (χ1) is 9.76. The van der Waals surface area contributed by atoms with Gasteiger partial charge in [0.25, 0.3) is 5.91 Å². The normalized spacial score (nSPS) is 27.0. The van der Waals surface area contributed by atoms with Crippen LogP contribution in [-0.4, -0.2) is 35.2 Å². The molecule has 0 aromatic carbocycles. The van der Waals surface area contributed by atoms with Gasteiger partial charge in [-0.3, -0.25) is 4.79 Å². The molecular formula is C14H18BrNO5. The number of carbonyl (C=O) groups is 2. The molecule has 1 saturated carbocycles. The highest BCUT2D eigenvalue weighted by atomic mass is 79.9. The number of hydrogen-bond acceptors (Lipinski definition) is 4. The molecule has 2 unspecified atom stereocenters. The number of carboxylic acid groups (broad SMARTS) is 1. The number of carboxylic acids is 1. The number of ether oxygens (including phenoxy) is 1. The lowest BCUT2D eigenvalue weighted by atomic mass is 9.54. The fourth-order valence-corrected chi connectivity index (χ4v) is 3.12. The van der Waals surface area contributed by atoms with Crippen LogP contribution in [0.5, 0.6) is 0 Å². The predicted molar refractivity (Wildman–Crippen MR) is 78.1 cm³/mol. The lowest BCUT2D eigenvalue weighted by Gasteiger charge is -2.58. The molecule has 0 aliphatic heterocycles. The Morgan fingerprint density at radius 2 is 2.24 bits per heavy atom. The number of furan rings is 1. The zero-order chi connectivity index (χ0) is 15.8. The highest BCUT2D eigenvalue weighted by Crippen LogP contribution is 2.51. The van der Waals surface area contributed by atoms with E-state index in [-0.39, 0.29) is 18.3 Å². The molecule has 2 atom stereocenters. The van der Waals surface area contributed by atoms with Crippen molar-refractivity contribution in [1.82, 2.24) is 5.32 Å². The third-order valence-corrected chi connectivity index (χ3v) is 4.90. The summed E-state index contributed by atoms with van der Waals surface area (Å²) in [4.78, 5) is 24.0. The van der Waals surface area contributed by atoms with E-state index in [1.165, 1.54) is 6.26 Å². The maximum atomic E-state index is 12.3. The summed E-state index contributed by atoms with van der Waals surface area (Å²) in [5.41, 5.74) is -2.08. The molecule has 1 amide bonds. The van der Waals surface area contributed by atoms with Crippen molar-refractivity contribution >= 4 is 27.8 Å². The summed E-state index contributed by atoms with van der Waals surface area (Å²) in [5.74, 6) is -1.57. The van der Waals surface area contributed by atoms with Gasteiger partial charge in [-0.25, -0.2) is 4.79 Å². The molecule has 1 aromatic rings. The fourth-order valence-electron chi connectivity index (χ4n) is 2.74. The molecule has 1 aromatic heterocycles. The minimum absolute atomic E-state index is 0.0614. The summed E-state index contributed by atoms with van der Waals surface area (Å²) < 4.78 is 11.1. The third-order valence-electron chi connectivity index (χ3n) is 4.28. The van der Waals surface area contributed by atoms with Crippen molar-refractivity contribution in [1.29, 1.82) is 0 Å². The van der Waals surface area contributed by atoms with Crippen molar-refractivity contribution in [3.63, 3.8) is 0 Å². The summed E-state index contributed by atoms with van der Waals surface area (Å²) >= 11 is 3.19. The van der Waals surface area contributed by atoms with Gasteiger partial charge in [0.15, 0.2) is 0 Å². The molecule has 2 rings (SSSR count). The van der Waals surface area contributed by atoms with Crippen LogP contribution in [0.15, 0.2) is 21.2 Å². The Morgan fingerprint density at radius 3 is 2.67 bits per heavy atom. The molecule has 0 bridgehead atoms. The first-order valence-corrected chi connectivity index (χ1v) is 7.46. The molecule has 0 spiro atoms. The number of rotatable bonds is 5. The number of carbonyl (C=O) groups excluding carboxylic acids is 1. The lowest BCUT2D eigenvalue weighted by molar-refractivity contribution is -0.190. The zero-order valence-corrected chi connectivity index (χ0v) is 13.7. The molecule has 116 valence electrons. The van der Waals surface area contributed by atoms with Crippen molar-refractivity contribution in [2.75, 3.05) is 6.61 Å². The van der Waals surface area contributed by atoms with Crippen LogP contribution in [0.4, 0.5) is 0 Å². The van der Waals surface area contributed by atoms with Crippen molar-refractivity contribution in [2.24, 2.45) is 5.41 Å². The Balaban J connectivity index is 2.24. The average molecular weight is 360 g/mol. The van der Waals surface area contributed by atoms with Gasteiger partial charge in [-0.1, -0.05) is 13.8 Å². The minimum atomic E-state index is -1.36. The smallest absolute Gasteiger partial charge is 0.330 e. The van der Waals surface area contributed by atoms with Gasteiger partial charge < -0.3 is 19.6 Å². The second kappa shape index (κ2) is 5.46. The summed E-state index contributed by atoms with van der Waals surface area (Å²) in [6, 6.07) is 1.58. The van der Waals surface area contributed by atoms with Crippen LogP contribution in [0.2, 0.25) is 0 Å². The topological polar surface area (TPSA) is 88.8 Å². The molecule has 1 fully saturated rings. The summed E-state index contributed by atoms with van der Waals surface area (Å²) in [7, 11) is 0. The Kier molecular flexibility index (Phi) is 4.17. The summed E-state index contributed by atoms with van der Waals surface area (Å²) in [5, 5.41) is 12.2. The standard InChI is InChI=1S/C14H18BrNO5/c1-4-20-9-7-14(12(18)19,13(9,2)3)16-11(17)10-8(15)5-6-21-10/h5-6,9H,4,7H2,1-3H3,(H,16,17)(H,18,19). The SMILES string of the molecule is CCOC1CC(NC(=O)c2occc2Br)(C(=O)O)C1(C)C. The monoisotopic (exact) mass is 359 g/mol. The zero-order valence-electron chi connectivity index (χ0n) is 12.1. The van der Waals surface area contributed by atoms with E-state index in [1.54, 1.807) is 19.9 Å². The van der Waals surface area contributed by atoms with Gasteiger partial charge in [-0.2, -0.15) is 0 Å². The largest absolute Gasteiger partial charge is 0.479 e. The number of aliphatic carboxylic acids is 1. The molecule has 0 radical (unpaired) electrons. The average Bonchev–Trinajstić information content (AvgIpc) is 2.83. The van der Waals surface area contributed by atoms with E-state index in [2.05, 4.69) is 21.2 Å². The summed E-state index contributed by atoms with van der Waals surface area (Å²) in [6.07, 6.45) is 1.38. The van der Waals surface area contributed by atoms with Crippen molar-refractivity contribution in [3.05, 3.63) is 22.6 Å². The molecule has 7 heteroatoms. The Bertz CT molecular complexity index is 567. The minimum Gasteiger partial charge on any atom is -0.479 e. The van der Waals surface area contributed by atoms with Crippen molar-refractivity contribution in [3.8, 4) is 0 Å². The van der Waals surface area contributed by atoms with Gasteiger partial charge >= 0.3 is 5.97 Å². The van der Waals surface area contributed by atoms with Crippen LogP contribution in [0.3, 0.4) is 0 Å². The van der Waals surface area contributed by atoms with E-state index < -0.39 is 22.8 Å². The van der Waals surface area contributed by atoms with E-state index in [0.717, 1.165) is 0 Å². The molecule has 6 nitrogen and oxygen atoms in total. The number of amides is 1. The molecule has 0 saturated heterocycles. The van der Waals surface area contributed by atoms with E-state index in [1.807, 2.05) is 6.92 Å². The highest BCUT2D eigenvalue weighted by molar-refractivity contribution is 9.10. The van der Waals surface area contributed by atoms with E-state index in [4.69, 9.17) is 9.15 Å². The lowest BCUT2D eigenvalue weighted by Crippen LogP contribution is -2.76. The summed E-state index contributed by atoms with van der Waals surface area (Å²) in [6.45, 7) is 5.92. The van der Waals surface area contributed by atoms with E-state index >= 15 is 0 Å². The van der Waals surface area contributed by atoms with Crippen LogP contribution >= 0.6 is 15.9 Å². The maximum Gasteiger partial charge on any atom is 0.330 e.